The highest BCUT2D eigenvalue weighted by molar-refractivity contribution is 9.11. The van der Waals surface area contributed by atoms with Crippen LogP contribution in [0.15, 0.2) is 60.3 Å². The molecular weight excluding hydrogens is 628 g/mol. The molecule has 1 aromatic heterocycles. The Morgan fingerprint density at radius 2 is 1.86 bits per heavy atom. The van der Waals surface area contributed by atoms with Gasteiger partial charge in [0.1, 0.15) is 5.75 Å². The van der Waals surface area contributed by atoms with E-state index in [-0.39, 0.29) is 23.5 Å². The van der Waals surface area contributed by atoms with Crippen molar-refractivity contribution in [2.45, 2.75) is 26.8 Å². The lowest BCUT2D eigenvalue weighted by molar-refractivity contribution is -0.139. The molecule has 1 N–H and O–H groups in total. The first-order valence-electron chi connectivity index (χ1n) is 11.4. The highest BCUT2D eigenvalue weighted by Crippen LogP contribution is 2.36. The monoisotopic (exact) mass is 650 g/mol. The minimum absolute atomic E-state index is 0.0675. The molecule has 1 aliphatic heterocycles. The molecule has 37 heavy (non-hydrogen) atoms. The number of carbonyl (C=O) groups excluding carboxylic acids is 1. The van der Waals surface area contributed by atoms with Gasteiger partial charge in [-0.05, 0) is 94.1 Å². The van der Waals surface area contributed by atoms with Crippen molar-refractivity contribution in [3.05, 3.63) is 81.4 Å². The van der Waals surface area contributed by atoms with Crippen molar-refractivity contribution >= 4 is 55.2 Å². The summed E-state index contributed by atoms with van der Waals surface area (Å²) in [6.07, 6.45) is 1.72. The van der Waals surface area contributed by atoms with E-state index in [0.29, 0.717) is 53.2 Å². The molecule has 2 heterocycles. The van der Waals surface area contributed by atoms with Crippen LogP contribution in [0, 0.1) is 0 Å². The van der Waals surface area contributed by atoms with E-state index in [4.69, 9.17) is 14.2 Å². The molecule has 1 aliphatic rings. The number of aromatic nitrogens is 1. The SMILES string of the molecule is CCOC(=O)C1=C(C)N=c2s/c(=C\c3cc(Br)c(O)c(Br)c3)c(=O)n2[C@H]1c1ccc(OC)c(OCC)c1. The zero-order valence-corrected chi connectivity index (χ0v) is 24.5. The predicted octanol–water partition coefficient (Wildman–Crippen LogP) is 4.44. The number of aromatic hydroxyl groups is 1. The van der Waals surface area contributed by atoms with Crippen LogP contribution in [-0.2, 0) is 9.53 Å². The third-order valence-corrected chi connectivity index (χ3v) is 7.85. The number of carbonyl (C=O) groups is 1. The summed E-state index contributed by atoms with van der Waals surface area (Å²) >= 11 is 7.87. The van der Waals surface area contributed by atoms with Crippen LogP contribution in [0.2, 0.25) is 0 Å². The highest BCUT2D eigenvalue weighted by Gasteiger charge is 2.34. The second-order valence-corrected chi connectivity index (χ2v) is 10.7. The van der Waals surface area contributed by atoms with Crippen LogP contribution in [0.4, 0.5) is 0 Å². The van der Waals surface area contributed by atoms with Gasteiger partial charge in [0.05, 0.1) is 51.1 Å². The summed E-state index contributed by atoms with van der Waals surface area (Å²) in [6, 6.07) is 7.97. The lowest BCUT2D eigenvalue weighted by Gasteiger charge is -2.25. The number of thiazole rings is 1. The fourth-order valence-electron chi connectivity index (χ4n) is 4.06. The minimum Gasteiger partial charge on any atom is -0.506 e. The normalized spacial score (nSPS) is 15.3. The summed E-state index contributed by atoms with van der Waals surface area (Å²) in [4.78, 5) is 31.9. The van der Waals surface area contributed by atoms with E-state index in [1.165, 1.54) is 15.9 Å². The number of benzene rings is 2. The Morgan fingerprint density at radius 1 is 1.16 bits per heavy atom. The topological polar surface area (TPSA) is 99.4 Å². The Labute approximate surface area is 233 Å². The molecule has 0 radical (unpaired) electrons. The maximum atomic E-state index is 13.8. The van der Waals surface area contributed by atoms with Gasteiger partial charge in [-0.2, -0.15) is 0 Å². The number of hydrogen-bond donors (Lipinski definition) is 1. The Hall–Kier alpha value is -2.89. The molecule has 4 rings (SSSR count). The molecule has 0 fully saturated rings. The zero-order valence-electron chi connectivity index (χ0n) is 20.5. The van der Waals surface area contributed by atoms with Crippen molar-refractivity contribution < 1.29 is 24.1 Å². The van der Waals surface area contributed by atoms with Crippen molar-refractivity contribution in [3.63, 3.8) is 0 Å². The Balaban J connectivity index is 1.97. The zero-order chi connectivity index (χ0) is 26.9. The van der Waals surface area contributed by atoms with Crippen LogP contribution in [0.1, 0.15) is 37.9 Å². The number of phenolic OH excluding ortho intramolecular Hbond substituents is 1. The fourth-order valence-corrected chi connectivity index (χ4v) is 6.33. The predicted molar refractivity (Wildman–Crippen MR) is 148 cm³/mol. The standard InChI is InChI=1S/C26H24Br2N2O6S/c1-5-35-19-12-15(7-8-18(19)34-4)22-21(25(33)36-6-2)13(3)29-26-30(22)24(32)20(37-26)11-14-9-16(27)23(31)17(28)10-14/h7-12,22,31H,5-6H2,1-4H3/b20-11-/t22-/m0/s1. The van der Waals surface area contributed by atoms with Crippen molar-refractivity contribution in [3.8, 4) is 17.2 Å². The Morgan fingerprint density at radius 3 is 2.49 bits per heavy atom. The second-order valence-electron chi connectivity index (χ2n) is 7.98. The lowest BCUT2D eigenvalue weighted by Crippen LogP contribution is -2.40. The summed E-state index contributed by atoms with van der Waals surface area (Å²) in [5.41, 5.74) is 1.80. The number of ether oxygens (including phenoxy) is 3. The van der Waals surface area contributed by atoms with E-state index in [9.17, 15) is 14.7 Å². The van der Waals surface area contributed by atoms with Gasteiger partial charge < -0.3 is 19.3 Å². The van der Waals surface area contributed by atoms with Gasteiger partial charge in [0.2, 0.25) is 0 Å². The third-order valence-electron chi connectivity index (χ3n) is 5.66. The van der Waals surface area contributed by atoms with Crippen LogP contribution in [0.3, 0.4) is 0 Å². The van der Waals surface area contributed by atoms with Gasteiger partial charge in [0.15, 0.2) is 16.3 Å². The average molecular weight is 652 g/mol. The number of hydrogen-bond acceptors (Lipinski definition) is 8. The molecule has 0 unspecified atom stereocenters. The summed E-state index contributed by atoms with van der Waals surface area (Å²) < 4.78 is 19.4. The Kier molecular flexibility index (Phi) is 8.25. The first kappa shape index (κ1) is 27.2. The minimum atomic E-state index is -0.777. The highest BCUT2D eigenvalue weighted by atomic mass is 79.9. The molecule has 0 aliphatic carbocycles. The fraction of sp³-hybridized carbons (Fsp3) is 0.269. The summed E-state index contributed by atoms with van der Waals surface area (Å²) in [5, 5.41) is 10.0. The van der Waals surface area contributed by atoms with E-state index in [0.717, 1.165) is 0 Å². The van der Waals surface area contributed by atoms with Gasteiger partial charge in [0.25, 0.3) is 5.56 Å². The first-order valence-corrected chi connectivity index (χ1v) is 13.8. The summed E-state index contributed by atoms with van der Waals surface area (Å²) in [6.45, 7) is 5.93. The molecular formula is C26H24Br2N2O6S. The molecule has 11 heteroatoms. The number of esters is 1. The molecule has 8 nitrogen and oxygen atoms in total. The van der Waals surface area contributed by atoms with Gasteiger partial charge in [-0.3, -0.25) is 9.36 Å². The van der Waals surface area contributed by atoms with Crippen LogP contribution < -0.4 is 24.4 Å². The first-order chi connectivity index (χ1) is 17.7. The molecule has 0 amide bonds. The van der Waals surface area contributed by atoms with E-state index < -0.39 is 12.0 Å². The van der Waals surface area contributed by atoms with E-state index in [1.807, 2.05) is 6.92 Å². The third kappa shape index (κ3) is 5.25. The number of methoxy groups -OCH3 is 1. The summed E-state index contributed by atoms with van der Waals surface area (Å²) in [5.74, 6) is 0.572. The molecule has 0 saturated carbocycles. The van der Waals surface area contributed by atoms with Gasteiger partial charge in [-0.15, -0.1) is 0 Å². The lowest BCUT2D eigenvalue weighted by atomic mass is 9.95. The number of allylic oxidation sites excluding steroid dienone is 1. The molecule has 0 saturated heterocycles. The maximum absolute atomic E-state index is 13.8. The quantitative estimate of drug-likeness (QED) is 0.380. The summed E-state index contributed by atoms with van der Waals surface area (Å²) in [7, 11) is 1.55. The van der Waals surface area contributed by atoms with Crippen LogP contribution in [0.5, 0.6) is 17.2 Å². The largest absolute Gasteiger partial charge is 0.506 e. The Bertz CT molecular complexity index is 1570. The number of rotatable bonds is 7. The second kappa shape index (κ2) is 11.2. The van der Waals surface area contributed by atoms with E-state index in [2.05, 4.69) is 36.9 Å². The number of fused-ring (bicyclic) bond motifs is 1. The van der Waals surface area contributed by atoms with Crippen LogP contribution in [0.25, 0.3) is 6.08 Å². The van der Waals surface area contributed by atoms with Gasteiger partial charge >= 0.3 is 5.97 Å². The van der Waals surface area contributed by atoms with Crippen molar-refractivity contribution in [1.82, 2.24) is 4.57 Å². The van der Waals surface area contributed by atoms with Crippen molar-refractivity contribution in [2.75, 3.05) is 20.3 Å². The van der Waals surface area contributed by atoms with E-state index in [1.54, 1.807) is 57.4 Å². The maximum Gasteiger partial charge on any atom is 0.338 e. The number of nitrogens with zero attached hydrogens (tertiary/aromatic N) is 2. The number of halogens is 2. The number of phenols is 1. The molecule has 0 spiro atoms. The van der Waals surface area contributed by atoms with E-state index >= 15 is 0 Å². The average Bonchev–Trinajstić information content (AvgIpc) is 3.16. The van der Waals surface area contributed by atoms with Gasteiger partial charge in [-0.1, -0.05) is 17.4 Å². The van der Waals surface area contributed by atoms with Crippen LogP contribution in [-0.4, -0.2) is 36.0 Å². The van der Waals surface area contributed by atoms with Gasteiger partial charge in [-0.25, -0.2) is 9.79 Å². The molecule has 194 valence electrons. The molecule has 1 atom stereocenters. The van der Waals surface area contributed by atoms with Crippen molar-refractivity contribution in [2.24, 2.45) is 4.99 Å². The molecule has 0 bridgehead atoms. The molecule has 3 aromatic rings. The van der Waals surface area contributed by atoms with Gasteiger partial charge in [0, 0.05) is 0 Å². The van der Waals surface area contributed by atoms with Crippen LogP contribution >= 0.6 is 43.2 Å². The smallest absolute Gasteiger partial charge is 0.338 e. The van der Waals surface area contributed by atoms with Crippen molar-refractivity contribution in [1.29, 1.82) is 0 Å². The molecule has 2 aromatic carbocycles.